The lowest BCUT2D eigenvalue weighted by Gasteiger charge is -2.33. The normalized spacial score (nSPS) is 25.0. The summed E-state index contributed by atoms with van der Waals surface area (Å²) in [5.41, 5.74) is -0.337. The van der Waals surface area contributed by atoms with Gasteiger partial charge in [-0.25, -0.2) is 0 Å². The van der Waals surface area contributed by atoms with E-state index in [1.807, 2.05) is 0 Å². The molecule has 1 aliphatic rings. The average molecular weight is 170 g/mol. The molecule has 1 fully saturated rings. The van der Waals surface area contributed by atoms with Crippen LogP contribution in [0.25, 0.3) is 0 Å². The number of hydrogen-bond donors (Lipinski definition) is 1. The Balaban J connectivity index is 2.51. The van der Waals surface area contributed by atoms with Crippen LogP contribution in [0.5, 0.6) is 0 Å². The Bertz CT molecular complexity index is 140. The Hall–Kier alpha value is -0.0400. The van der Waals surface area contributed by atoms with Gasteiger partial charge in [0.05, 0.1) is 5.60 Å². The Kier molecular flexibility index (Phi) is 3.16. The summed E-state index contributed by atoms with van der Waals surface area (Å²) in [6.45, 7) is 6.51. The molecule has 1 saturated carbocycles. The Morgan fingerprint density at radius 2 is 2.00 bits per heavy atom. The third kappa shape index (κ3) is 1.82. The highest BCUT2D eigenvalue weighted by Gasteiger charge is 2.45. The van der Waals surface area contributed by atoms with Crippen LogP contribution >= 0.6 is 0 Å². The van der Waals surface area contributed by atoms with Gasteiger partial charge in [0, 0.05) is 0 Å². The maximum absolute atomic E-state index is 10.4. The van der Waals surface area contributed by atoms with Crippen LogP contribution < -0.4 is 0 Å². The van der Waals surface area contributed by atoms with Crippen molar-refractivity contribution in [2.75, 3.05) is 0 Å². The van der Waals surface area contributed by atoms with E-state index in [2.05, 4.69) is 20.8 Å². The quantitative estimate of drug-likeness (QED) is 0.672. The molecule has 0 heterocycles. The highest BCUT2D eigenvalue weighted by molar-refractivity contribution is 4.96. The van der Waals surface area contributed by atoms with Crippen molar-refractivity contribution in [2.45, 2.75) is 58.5 Å². The lowest BCUT2D eigenvalue weighted by molar-refractivity contribution is -0.0393. The van der Waals surface area contributed by atoms with Crippen LogP contribution in [0.4, 0.5) is 0 Å². The molecule has 0 aromatic rings. The van der Waals surface area contributed by atoms with Crippen molar-refractivity contribution in [1.29, 1.82) is 0 Å². The first-order valence-electron chi connectivity index (χ1n) is 5.37. The van der Waals surface area contributed by atoms with Crippen LogP contribution in [0.2, 0.25) is 0 Å². The van der Waals surface area contributed by atoms with E-state index < -0.39 is 0 Å². The van der Waals surface area contributed by atoms with Crippen LogP contribution in [-0.2, 0) is 0 Å². The van der Waals surface area contributed by atoms with Gasteiger partial charge in [0.2, 0.25) is 0 Å². The predicted octanol–water partition coefficient (Wildman–Crippen LogP) is 2.97. The predicted molar refractivity (Wildman–Crippen MR) is 52.0 cm³/mol. The summed E-state index contributed by atoms with van der Waals surface area (Å²) in [5.74, 6) is 1.10. The second-order valence-corrected chi connectivity index (χ2v) is 4.31. The molecule has 0 aliphatic heterocycles. The van der Waals surface area contributed by atoms with Gasteiger partial charge < -0.3 is 5.11 Å². The maximum Gasteiger partial charge on any atom is 0.0698 e. The maximum atomic E-state index is 10.4. The van der Waals surface area contributed by atoms with E-state index in [0.29, 0.717) is 11.8 Å². The van der Waals surface area contributed by atoms with E-state index in [-0.39, 0.29) is 5.60 Å². The summed E-state index contributed by atoms with van der Waals surface area (Å²) in [6.07, 6.45) is 5.78. The molecule has 0 aromatic carbocycles. The van der Waals surface area contributed by atoms with E-state index in [1.165, 1.54) is 25.7 Å². The fraction of sp³-hybridized carbons (Fsp3) is 1.00. The smallest absolute Gasteiger partial charge is 0.0698 e. The molecule has 0 aromatic heterocycles. The van der Waals surface area contributed by atoms with Gasteiger partial charge >= 0.3 is 0 Å². The molecule has 1 heteroatoms. The molecular weight excluding hydrogens is 148 g/mol. The largest absolute Gasteiger partial charge is 0.389 e. The van der Waals surface area contributed by atoms with Gasteiger partial charge in [0.15, 0.2) is 0 Å². The molecule has 1 N–H and O–H groups in total. The molecular formula is C11H22O. The van der Waals surface area contributed by atoms with Gasteiger partial charge in [-0.15, -0.1) is 0 Å². The fourth-order valence-corrected chi connectivity index (χ4v) is 2.31. The van der Waals surface area contributed by atoms with Gasteiger partial charge in [-0.1, -0.05) is 27.2 Å². The minimum Gasteiger partial charge on any atom is -0.389 e. The first-order chi connectivity index (χ1) is 5.65. The molecule has 0 bridgehead atoms. The van der Waals surface area contributed by atoms with E-state index in [0.717, 1.165) is 6.42 Å². The highest BCUT2D eigenvalue weighted by atomic mass is 16.3. The van der Waals surface area contributed by atoms with Crippen molar-refractivity contribution >= 4 is 0 Å². The van der Waals surface area contributed by atoms with Crippen LogP contribution in [0.3, 0.4) is 0 Å². The molecule has 2 unspecified atom stereocenters. The van der Waals surface area contributed by atoms with Crippen molar-refractivity contribution in [1.82, 2.24) is 0 Å². The first-order valence-corrected chi connectivity index (χ1v) is 5.37. The number of aliphatic hydroxyl groups is 1. The standard InChI is InChI=1S/C11H22O/c1-4-6-9(3)11(12,5-2)10-7-8-10/h9-10,12H,4-8H2,1-3H3. The molecule has 72 valence electrons. The molecule has 1 nitrogen and oxygen atoms in total. The van der Waals surface area contributed by atoms with Crippen LogP contribution in [0.15, 0.2) is 0 Å². The summed E-state index contributed by atoms with van der Waals surface area (Å²) in [7, 11) is 0. The zero-order valence-electron chi connectivity index (χ0n) is 8.64. The Morgan fingerprint density at radius 3 is 2.33 bits per heavy atom. The molecule has 0 amide bonds. The summed E-state index contributed by atoms with van der Waals surface area (Å²) >= 11 is 0. The molecule has 2 atom stereocenters. The van der Waals surface area contributed by atoms with Gasteiger partial charge in [-0.2, -0.15) is 0 Å². The zero-order valence-corrected chi connectivity index (χ0v) is 8.64. The van der Waals surface area contributed by atoms with E-state index in [4.69, 9.17) is 0 Å². The van der Waals surface area contributed by atoms with Crippen LogP contribution in [0.1, 0.15) is 52.9 Å². The van der Waals surface area contributed by atoms with E-state index >= 15 is 0 Å². The minimum absolute atomic E-state index is 0.337. The van der Waals surface area contributed by atoms with Gasteiger partial charge in [-0.05, 0) is 37.5 Å². The Labute approximate surface area is 76.2 Å². The van der Waals surface area contributed by atoms with Crippen molar-refractivity contribution in [3.05, 3.63) is 0 Å². The monoisotopic (exact) mass is 170 g/mol. The van der Waals surface area contributed by atoms with Crippen molar-refractivity contribution in [3.8, 4) is 0 Å². The van der Waals surface area contributed by atoms with Crippen molar-refractivity contribution in [3.63, 3.8) is 0 Å². The Morgan fingerprint density at radius 1 is 1.42 bits per heavy atom. The fourth-order valence-electron chi connectivity index (χ4n) is 2.31. The molecule has 0 saturated heterocycles. The molecule has 0 radical (unpaired) electrons. The van der Waals surface area contributed by atoms with Gasteiger partial charge in [0.25, 0.3) is 0 Å². The third-order valence-corrected chi connectivity index (χ3v) is 3.43. The highest BCUT2D eigenvalue weighted by Crippen LogP contribution is 2.46. The number of hydrogen-bond acceptors (Lipinski definition) is 1. The second kappa shape index (κ2) is 3.78. The third-order valence-electron chi connectivity index (χ3n) is 3.43. The van der Waals surface area contributed by atoms with Crippen LogP contribution in [0, 0.1) is 11.8 Å². The summed E-state index contributed by atoms with van der Waals surface area (Å²) in [4.78, 5) is 0. The van der Waals surface area contributed by atoms with Crippen molar-refractivity contribution in [2.24, 2.45) is 11.8 Å². The summed E-state index contributed by atoms with van der Waals surface area (Å²) in [5, 5.41) is 10.4. The number of rotatable bonds is 5. The molecule has 1 aliphatic carbocycles. The van der Waals surface area contributed by atoms with Crippen LogP contribution in [-0.4, -0.2) is 10.7 Å². The van der Waals surface area contributed by atoms with E-state index in [9.17, 15) is 5.11 Å². The molecule has 12 heavy (non-hydrogen) atoms. The zero-order chi connectivity index (χ0) is 9.19. The first kappa shape index (κ1) is 10.0. The lowest BCUT2D eigenvalue weighted by atomic mass is 9.80. The van der Waals surface area contributed by atoms with Gasteiger partial charge in [-0.3, -0.25) is 0 Å². The summed E-state index contributed by atoms with van der Waals surface area (Å²) < 4.78 is 0. The molecule has 0 spiro atoms. The summed E-state index contributed by atoms with van der Waals surface area (Å²) in [6, 6.07) is 0. The van der Waals surface area contributed by atoms with Gasteiger partial charge in [0.1, 0.15) is 0 Å². The SMILES string of the molecule is CCCC(C)C(O)(CC)C1CC1. The topological polar surface area (TPSA) is 20.2 Å². The van der Waals surface area contributed by atoms with E-state index in [1.54, 1.807) is 0 Å². The average Bonchev–Trinajstić information content (AvgIpc) is 2.86. The van der Waals surface area contributed by atoms with Crippen molar-refractivity contribution < 1.29 is 5.11 Å². The lowest BCUT2D eigenvalue weighted by Crippen LogP contribution is -2.38. The second-order valence-electron chi connectivity index (χ2n) is 4.31. The molecule has 1 rings (SSSR count). The minimum atomic E-state index is -0.337.